The van der Waals surface area contributed by atoms with Gasteiger partial charge in [0, 0.05) is 12.8 Å². The zero-order chi connectivity index (χ0) is 13.2. The molecule has 20 heavy (non-hydrogen) atoms. The van der Waals surface area contributed by atoms with E-state index in [9.17, 15) is 9.59 Å². The fourth-order valence-corrected chi connectivity index (χ4v) is 3.01. The quantitative estimate of drug-likeness (QED) is 0.851. The lowest BCUT2D eigenvalue weighted by Gasteiger charge is -2.27. The number of piperidine rings is 1. The number of hydrogen-bond acceptors (Lipinski definition) is 3. The Kier molecular flexibility index (Phi) is 4.78. The van der Waals surface area contributed by atoms with Crippen molar-refractivity contribution in [2.24, 2.45) is 0 Å². The van der Waals surface area contributed by atoms with Gasteiger partial charge in [-0.25, -0.2) is 0 Å². The van der Waals surface area contributed by atoms with Gasteiger partial charge in [-0.15, -0.1) is 12.4 Å². The summed E-state index contributed by atoms with van der Waals surface area (Å²) in [6.45, 7) is 2.00. The topological polar surface area (TPSA) is 49.4 Å². The number of anilines is 1. The lowest BCUT2D eigenvalue weighted by atomic mass is 9.89. The molecule has 1 aromatic carbocycles. The minimum absolute atomic E-state index is 0. The third-order valence-electron chi connectivity index (χ3n) is 4.01. The van der Waals surface area contributed by atoms with Crippen molar-refractivity contribution >= 4 is 29.9 Å². The van der Waals surface area contributed by atoms with E-state index < -0.39 is 0 Å². The van der Waals surface area contributed by atoms with Crippen LogP contribution < -0.4 is 10.2 Å². The Labute approximate surface area is 124 Å². The van der Waals surface area contributed by atoms with Crippen molar-refractivity contribution in [2.75, 3.05) is 18.0 Å². The molecule has 2 saturated heterocycles. The number of nitrogens with one attached hydrogen (secondary N) is 1. The van der Waals surface area contributed by atoms with Gasteiger partial charge >= 0.3 is 0 Å². The van der Waals surface area contributed by atoms with E-state index in [-0.39, 0.29) is 24.2 Å². The molecule has 0 radical (unpaired) electrons. The van der Waals surface area contributed by atoms with Gasteiger partial charge in [0.2, 0.25) is 11.8 Å². The normalized spacial score (nSPS) is 20.1. The third-order valence-corrected chi connectivity index (χ3v) is 4.01. The van der Waals surface area contributed by atoms with Crippen molar-refractivity contribution in [1.82, 2.24) is 5.32 Å². The van der Waals surface area contributed by atoms with Crippen LogP contribution in [0.1, 0.15) is 37.2 Å². The van der Waals surface area contributed by atoms with E-state index in [4.69, 9.17) is 0 Å². The van der Waals surface area contributed by atoms with Gasteiger partial charge in [0.1, 0.15) is 0 Å². The first-order valence-electron chi connectivity index (χ1n) is 6.93. The first kappa shape index (κ1) is 15.0. The Balaban J connectivity index is 0.00000147. The number of nitrogens with zero attached hydrogens (tertiary/aromatic N) is 1. The summed E-state index contributed by atoms with van der Waals surface area (Å²) < 4.78 is 0. The maximum Gasteiger partial charge on any atom is 0.234 e. The summed E-state index contributed by atoms with van der Waals surface area (Å²) >= 11 is 0. The first-order valence-corrected chi connectivity index (χ1v) is 6.93. The van der Waals surface area contributed by atoms with E-state index >= 15 is 0 Å². The summed E-state index contributed by atoms with van der Waals surface area (Å²) in [6, 6.07) is 7.85. The highest BCUT2D eigenvalue weighted by Gasteiger charge is 2.32. The standard InChI is InChI=1S/C15H18N2O2.ClH/c18-14-5-6-15(19)17(14)13-4-2-1-3-12(13)11-7-9-16-10-8-11;/h1-4,11,16H,5-10H2;1H. The SMILES string of the molecule is Cl.O=C1CCC(=O)N1c1ccccc1C1CCNCC1. The number of benzene rings is 1. The van der Waals surface area contributed by atoms with Gasteiger partial charge in [-0.05, 0) is 43.5 Å². The molecule has 2 heterocycles. The van der Waals surface area contributed by atoms with Crippen molar-refractivity contribution in [3.8, 4) is 0 Å². The summed E-state index contributed by atoms with van der Waals surface area (Å²) in [6.07, 6.45) is 2.82. The number of rotatable bonds is 2. The maximum absolute atomic E-state index is 11.9. The van der Waals surface area contributed by atoms with E-state index in [1.165, 1.54) is 4.90 Å². The Morgan fingerprint density at radius 1 is 1.00 bits per heavy atom. The average molecular weight is 295 g/mol. The molecule has 108 valence electrons. The molecule has 0 aromatic heterocycles. The van der Waals surface area contributed by atoms with Crippen molar-refractivity contribution in [2.45, 2.75) is 31.6 Å². The Morgan fingerprint density at radius 2 is 1.60 bits per heavy atom. The molecule has 1 N–H and O–H groups in total. The zero-order valence-electron chi connectivity index (χ0n) is 11.3. The molecule has 0 unspecified atom stereocenters. The van der Waals surface area contributed by atoms with E-state index in [0.29, 0.717) is 18.8 Å². The number of para-hydroxylation sites is 1. The average Bonchev–Trinajstić information content (AvgIpc) is 2.79. The van der Waals surface area contributed by atoms with E-state index in [2.05, 4.69) is 11.4 Å². The van der Waals surface area contributed by atoms with Crippen molar-refractivity contribution < 1.29 is 9.59 Å². The molecule has 0 spiro atoms. The van der Waals surface area contributed by atoms with Crippen molar-refractivity contribution in [3.63, 3.8) is 0 Å². The van der Waals surface area contributed by atoms with Crippen LogP contribution in [0.4, 0.5) is 5.69 Å². The molecule has 3 rings (SSSR count). The van der Waals surface area contributed by atoms with Crippen LogP contribution >= 0.6 is 12.4 Å². The largest absolute Gasteiger partial charge is 0.317 e. The second-order valence-electron chi connectivity index (χ2n) is 5.21. The molecular weight excluding hydrogens is 276 g/mol. The summed E-state index contributed by atoms with van der Waals surface area (Å²) in [7, 11) is 0. The molecule has 5 heteroatoms. The summed E-state index contributed by atoms with van der Waals surface area (Å²) in [5.41, 5.74) is 1.95. The molecule has 4 nitrogen and oxygen atoms in total. The highest BCUT2D eigenvalue weighted by Crippen LogP contribution is 2.35. The van der Waals surface area contributed by atoms with Gasteiger partial charge < -0.3 is 5.32 Å². The monoisotopic (exact) mass is 294 g/mol. The highest BCUT2D eigenvalue weighted by molar-refractivity contribution is 6.20. The molecule has 2 fully saturated rings. The molecule has 2 aliphatic rings. The molecule has 0 bridgehead atoms. The fraction of sp³-hybridized carbons (Fsp3) is 0.467. The minimum Gasteiger partial charge on any atom is -0.317 e. The zero-order valence-corrected chi connectivity index (χ0v) is 12.1. The van der Waals surface area contributed by atoms with E-state index in [0.717, 1.165) is 37.2 Å². The Morgan fingerprint density at radius 3 is 2.25 bits per heavy atom. The highest BCUT2D eigenvalue weighted by atomic mass is 35.5. The molecule has 1 aromatic rings. The molecule has 2 aliphatic heterocycles. The lowest BCUT2D eigenvalue weighted by molar-refractivity contribution is -0.121. The minimum atomic E-state index is -0.0635. The number of carbonyl (C=O) groups is 2. The fourth-order valence-electron chi connectivity index (χ4n) is 3.01. The summed E-state index contributed by atoms with van der Waals surface area (Å²) in [4.78, 5) is 25.2. The van der Waals surface area contributed by atoms with Crippen molar-refractivity contribution in [3.05, 3.63) is 29.8 Å². The predicted octanol–water partition coefficient (Wildman–Crippen LogP) is 2.23. The van der Waals surface area contributed by atoms with Gasteiger partial charge in [-0.2, -0.15) is 0 Å². The van der Waals surface area contributed by atoms with Crippen LogP contribution in [-0.4, -0.2) is 24.9 Å². The number of halogens is 1. The number of imide groups is 1. The van der Waals surface area contributed by atoms with Crippen LogP contribution in [0.15, 0.2) is 24.3 Å². The van der Waals surface area contributed by atoms with Gasteiger partial charge in [0.05, 0.1) is 5.69 Å². The molecule has 2 amide bonds. The van der Waals surface area contributed by atoms with E-state index in [1.807, 2.05) is 18.2 Å². The molecule has 0 aliphatic carbocycles. The van der Waals surface area contributed by atoms with E-state index in [1.54, 1.807) is 0 Å². The van der Waals surface area contributed by atoms with Crippen LogP contribution in [0.3, 0.4) is 0 Å². The molecular formula is C15H19ClN2O2. The maximum atomic E-state index is 11.9. The van der Waals surface area contributed by atoms with Crippen molar-refractivity contribution in [1.29, 1.82) is 0 Å². The van der Waals surface area contributed by atoms with Gasteiger partial charge in [0.15, 0.2) is 0 Å². The lowest BCUT2D eigenvalue weighted by Crippen LogP contribution is -2.32. The molecule has 0 saturated carbocycles. The van der Waals surface area contributed by atoms with Crippen LogP contribution in [0.5, 0.6) is 0 Å². The summed E-state index contributed by atoms with van der Waals surface area (Å²) in [5.74, 6) is 0.316. The number of amides is 2. The Bertz CT molecular complexity index is 496. The predicted molar refractivity (Wildman–Crippen MR) is 80.3 cm³/mol. The van der Waals surface area contributed by atoms with Crippen LogP contribution in [0, 0.1) is 0 Å². The van der Waals surface area contributed by atoms with Gasteiger partial charge in [0.25, 0.3) is 0 Å². The second kappa shape index (κ2) is 6.37. The number of carbonyl (C=O) groups excluding carboxylic acids is 2. The first-order chi connectivity index (χ1) is 9.27. The van der Waals surface area contributed by atoms with Gasteiger partial charge in [-0.1, -0.05) is 18.2 Å². The van der Waals surface area contributed by atoms with Crippen LogP contribution in [-0.2, 0) is 9.59 Å². The summed E-state index contributed by atoms with van der Waals surface area (Å²) in [5, 5.41) is 3.34. The third kappa shape index (κ3) is 2.72. The van der Waals surface area contributed by atoms with Crippen LogP contribution in [0.2, 0.25) is 0 Å². The van der Waals surface area contributed by atoms with Crippen LogP contribution in [0.25, 0.3) is 0 Å². The Hall–Kier alpha value is -1.39. The van der Waals surface area contributed by atoms with Gasteiger partial charge in [-0.3, -0.25) is 14.5 Å². The molecule has 0 atom stereocenters. The number of hydrogen-bond donors (Lipinski definition) is 1. The smallest absolute Gasteiger partial charge is 0.234 e. The second-order valence-corrected chi connectivity index (χ2v) is 5.21.